The van der Waals surface area contributed by atoms with E-state index in [1.165, 1.54) is 7.11 Å². The van der Waals surface area contributed by atoms with Crippen molar-refractivity contribution in [3.8, 4) is 5.88 Å². The Balaban J connectivity index is 1.70. The first-order valence-corrected chi connectivity index (χ1v) is 9.07. The van der Waals surface area contributed by atoms with Crippen LogP contribution in [0.1, 0.15) is 18.2 Å². The van der Waals surface area contributed by atoms with Gasteiger partial charge in [-0.15, -0.1) is 0 Å². The number of amides is 1. The zero-order valence-electron chi connectivity index (χ0n) is 15.3. The highest BCUT2D eigenvalue weighted by molar-refractivity contribution is 6.31. The second-order valence-electron chi connectivity index (χ2n) is 6.68. The third-order valence-electron chi connectivity index (χ3n) is 4.86. The molecular formula is C19H20ClN5O2. The number of nitrogens with one attached hydrogen (secondary N) is 1. The van der Waals surface area contributed by atoms with E-state index in [-0.39, 0.29) is 11.9 Å². The SMILES string of the molecule is COc1nc(N2C[C@H](C)N3NC=C(c4ccnc(C)c4)C3C2=O)ccc1Cl. The second kappa shape index (κ2) is 6.83. The van der Waals surface area contributed by atoms with Crippen LogP contribution in [0.5, 0.6) is 5.88 Å². The molecule has 27 heavy (non-hydrogen) atoms. The molecule has 0 aromatic carbocycles. The molecule has 0 aliphatic carbocycles. The average molecular weight is 386 g/mol. The van der Waals surface area contributed by atoms with Crippen LogP contribution >= 0.6 is 11.6 Å². The van der Waals surface area contributed by atoms with E-state index in [2.05, 4.69) is 22.3 Å². The zero-order chi connectivity index (χ0) is 19.1. The van der Waals surface area contributed by atoms with E-state index >= 15 is 0 Å². The van der Waals surface area contributed by atoms with Gasteiger partial charge in [-0.3, -0.25) is 14.7 Å². The fraction of sp³-hybridized carbons (Fsp3) is 0.316. The van der Waals surface area contributed by atoms with Crippen molar-refractivity contribution in [1.29, 1.82) is 0 Å². The van der Waals surface area contributed by atoms with Gasteiger partial charge in [0.1, 0.15) is 16.9 Å². The summed E-state index contributed by atoms with van der Waals surface area (Å²) in [6.45, 7) is 4.52. The van der Waals surface area contributed by atoms with Crippen molar-refractivity contribution < 1.29 is 9.53 Å². The maximum Gasteiger partial charge on any atom is 0.252 e. The van der Waals surface area contributed by atoms with Crippen molar-refractivity contribution in [1.82, 2.24) is 20.4 Å². The topological polar surface area (TPSA) is 70.6 Å². The molecular weight excluding hydrogens is 366 g/mol. The number of hydrogen-bond acceptors (Lipinski definition) is 6. The highest BCUT2D eigenvalue weighted by Gasteiger charge is 2.45. The van der Waals surface area contributed by atoms with Crippen LogP contribution in [0.25, 0.3) is 5.57 Å². The fourth-order valence-electron chi connectivity index (χ4n) is 3.55. The summed E-state index contributed by atoms with van der Waals surface area (Å²) in [4.78, 5) is 23.7. The summed E-state index contributed by atoms with van der Waals surface area (Å²) in [5.74, 6) is 0.794. The molecule has 7 nitrogen and oxygen atoms in total. The van der Waals surface area contributed by atoms with E-state index in [1.807, 2.05) is 30.3 Å². The lowest BCUT2D eigenvalue weighted by atomic mass is 9.96. The number of rotatable bonds is 3. The minimum Gasteiger partial charge on any atom is -0.480 e. The first kappa shape index (κ1) is 17.8. The first-order chi connectivity index (χ1) is 13.0. The van der Waals surface area contributed by atoms with Gasteiger partial charge in [0.15, 0.2) is 0 Å². The van der Waals surface area contributed by atoms with Crippen molar-refractivity contribution in [3.05, 3.63) is 52.9 Å². The van der Waals surface area contributed by atoms with Crippen LogP contribution in [0.4, 0.5) is 5.82 Å². The quantitative estimate of drug-likeness (QED) is 0.875. The van der Waals surface area contributed by atoms with E-state index in [9.17, 15) is 4.79 Å². The molecule has 140 valence electrons. The maximum atomic E-state index is 13.4. The van der Waals surface area contributed by atoms with Crippen molar-refractivity contribution in [2.75, 3.05) is 18.6 Å². The van der Waals surface area contributed by atoms with E-state index in [1.54, 1.807) is 23.2 Å². The Bertz CT molecular complexity index is 932. The molecule has 1 N–H and O–H groups in total. The molecule has 2 aromatic rings. The molecule has 8 heteroatoms. The van der Waals surface area contributed by atoms with Gasteiger partial charge in [0.05, 0.1) is 7.11 Å². The standard InChI is InChI=1S/C19H20ClN5O2/c1-11-8-13(6-7-21-11)14-9-22-25-12(2)10-24(19(26)17(14)25)16-5-4-15(20)18(23-16)27-3/h4-9,12,17,22H,10H2,1-3H3/t12-,17?/m0/s1. The number of pyridine rings is 2. The fourth-order valence-corrected chi connectivity index (χ4v) is 3.73. The van der Waals surface area contributed by atoms with Gasteiger partial charge in [0.2, 0.25) is 5.88 Å². The van der Waals surface area contributed by atoms with E-state index < -0.39 is 6.04 Å². The second-order valence-corrected chi connectivity index (χ2v) is 7.09. The molecule has 1 saturated heterocycles. The van der Waals surface area contributed by atoms with Gasteiger partial charge in [0.25, 0.3) is 5.91 Å². The van der Waals surface area contributed by atoms with Crippen LogP contribution < -0.4 is 15.1 Å². The van der Waals surface area contributed by atoms with Crippen LogP contribution in [-0.4, -0.2) is 46.6 Å². The summed E-state index contributed by atoms with van der Waals surface area (Å²) in [7, 11) is 1.51. The Labute approximate surface area is 162 Å². The summed E-state index contributed by atoms with van der Waals surface area (Å²) in [6, 6.07) is 7.00. The molecule has 2 aromatic heterocycles. The number of fused-ring (bicyclic) bond motifs is 1. The number of aryl methyl sites for hydroxylation is 1. The summed E-state index contributed by atoms with van der Waals surface area (Å²) in [5.41, 5.74) is 6.05. The Morgan fingerprint density at radius 1 is 1.33 bits per heavy atom. The number of hydrazine groups is 1. The molecule has 0 bridgehead atoms. The van der Waals surface area contributed by atoms with Crippen LogP contribution in [0.3, 0.4) is 0 Å². The van der Waals surface area contributed by atoms with Gasteiger partial charge < -0.3 is 10.2 Å². The zero-order valence-corrected chi connectivity index (χ0v) is 16.1. The van der Waals surface area contributed by atoms with Gasteiger partial charge in [0, 0.05) is 36.3 Å². The lowest BCUT2D eigenvalue weighted by molar-refractivity contribution is -0.125. The first-order valence-electron chi connectivity index (χ1n) is 8.69. The molecule has 0 spiro atoms. The molecule has 0 radical (unpaired) electrons. The number of carbonyl (C=O) groups is 1. The number of anilines is 1. The molecule has 2 aliphatic heterocycles. The predicted molar refractivity (Wildman–Crippen MR) is 103 cm³/mol. The van der Waals surface area contributed by atoms with Crippen LogP contribution in [0.2, 0.25) is 5.02 Å². The van der Waals surface area contributed by atoms with Gasteiger partial charge in [-0.05, 0) is 43.7 Å². The summed E-state index contributed by atoms with van der Waals surface area (Å²) < 4.78 is 5.21. The molecule has 4 heterocycles. The highest BCUT2D eigenvalue weighted by Crippen LogP contribution is 2.34. The number of halogens is 1. The third kappa shape index (κ3) is 3.02. The molecule has 1 amide bonds. The molecule has 2 aliphatic rings. The van der Waals surface area contributed by atoms with Crippen molar-refractivity contribution >= 4 is 28.9 Å². The van der Waals surface area contributed by atoms with Crippen LogP contribution in [0.15, 0.2) is 36.7 Å². The Kier molecular flexibility index (Phi) is 4.49. The van der Waals surface area contributed by atoms with Gasteiger partial charge in [-0.1, -0.05) is 11.6 Å². The number of nitrogens with zero attached hydrogens (tertiary/aromatic N) is 4. The van der Waals surface area contributed by atoms with Crippen LogP contribution in [-0.2, 0) is 4.79 Å². The maximum absolute atomic E-state index is 13.4. The lowest BCUT2D eigenvalue weighted by Gasteiger charge is -2.41. The number of ether oxygens (including phenoxy) is 1. The number of carbonyl (C=O) groups excluding carboxylic acids is 1. The molecule has 1 fully saturated rings. The summed E-state index contributed by atoms with van der Waals surface area (Å²) >= 11 is 6.08. The molecule has 1 unspecified atom stereocenters. The lowest BCUT2D eigenvalue weighted by Crippen LogP contribution is -2.62. The molecule has 2 atom stereocenters. The van der Waals surface area contributed by atoms with E-state index in [4.69, 9.17) is 16.3 Å². The minimum absolute atomic E-state index is 0.0457. The number of methoxy groups -OCH3 is 1. The Hall–Kier alpha value is -2.64. The largest absolute Gasteiger partial charge is 0.480 e. The normalized spacial score (nSPS) is 22.3. The minimum atomic E-state index is -0.431. The summed E-state index contributed by atoms with van der Waals surface area (Å²) in [5, 5.41) is 2.40. The molecule has 0 saturated carbocycles. The van der Waals surface area contributed by atoms with Crippen molar-refractivity contribution in [2.45, 2.75) is 25.9 Å². The van der Waals surface area contributed by atoms with Gasteiger partial charge in [-0.25, -0.2) is 5.01 Å². The number of hydrogen-bond donors (Lipinski definition) is 1. The Morgan fingerprint density at radius 2 is 2.15 bits per heavy atom. The Morgan fingerprint density at radius 3 is 2.89 bits per heavy atom. The molecule has 4 rings (SSSR count). The number of aromatic nitrogens is 2. The average Bonchev–Trinajstić information content (AvgIpc) is 3.11. The highest BCUT2D eigenvalue weighted by atomic mass is 35.5. The third-order valence-corrected chi connectivity index (χ3v) is 5.15. The van der Waals surface area contributed by atoms with E-state index in [0.29, 0.717) is 23.3 Å². The monoisotopic (exact) mass is 385 g/mol. The summed E-state index contributed by atoms with van der Waals surface area (Å²) in [6.07, 6.45) is 3.65. The smallest absolute Gasteiger partial charge is 0.252 e. The van der Waals surface area contributed by atoms with Crippen LogP contribution in [0, 0.1) is 6.92 Å². The van der Waals surface area contributed by atoms with Gasteiger partial charge >= 0.3 is 0 Å². The van der Waals surface area contributed by atoms with Crippen molar-refractivity contribution in [2.24, 2.45) is 0 Å². The van der Waals surface area contributed by atoms with Crippen molar-refractivity contribution in [3.63, 3.8) is 0 Å². The van der Waals surface area contributed by atoms with E-state index in [0.717, 1.165) is 16.8 Å². The predicted octanol–water partition coefficient (Wildman–Crippen LogP) is 2.41. The van der Waals surface area contributed by atoms with Gasteiger partial charge in [-0.2, -0.15) is 4.98 Å². The number of piperazine rings is 1.